The summed E-state index contributed by atoms with van der Waals surface area (Å²) in [6.45, 7) is 2.39. The predicted octanol–water partition coefficient (Wildman–Crippen LogP) is 3.55. The van der Waals surface area contributed by atoms with Gasteiger partial charge in [-0.05, 0) is 56.8 Å². The molecule has 1 amide bonds. The van der Waals surface area contributed by atoms with E-state index in [9.17, 15) is 9.59 Å². The van der Waals surface area contributed by atoms with Gasteiger partial charge in [-0.2, -0.15) is 0 Å². The van der Waals surface area contributed by atoms with Crippen LogP contribution in [0.5, 0.6) is 0 Å². The largest absolute Gasteiger partial charge is 0.324 e. The molecule has 2 aromatic rings. The van der Waals surface area contributed by atoms with E-state index in [1.807, 2.05) is 12.1 Å². The molecule has 1 aromatic carbocycles. The fraction of sp³-hybridized carbons (Fsp3) is 0.409. The van der Waals surface area contributed by atoms with Crippen molar-refractivity contribution in [3.8, 4) is 0 Å². The lowest BCUT2D eigenvalue weighted by atomic mass is 9.90. The number of fused-ring (bicyclic) bond motifs is 1. The Morgan fingerprint density at radius 3 is 2.78 bits per heavy atom. The number of nitrogens with zero attached hydrogens (tertiary/aromatic N) is 2. The molecule has 1 atom stereocenters. The molecule has 1 N–H and O–H groups in total. The van der Waals surface area contributed by atoms with E-state index in [-0.39, 0.29) is 18.1 Å². The third kappa shape index (κ3) is 5.23. The number of hydrogen-bond acceptors (Lipinski definition) is 4. The maximum Gasteiger partial charge on any atom is 0.231 e. The zero-order valence-electron chi connectivity index (χ0n) is 16.1. The number of hydrogen-bond donors (Lipinski definition) is 1. The van der Waals surface area contributed by atoms with E-state index in [0.29, 0.717) is 11.7 Å². The van der Waals surface area contributed by atoms with Crippen molar-refractivity contribution < 1.29 is 9.59 Å². The van der Waals surface area contributed by atoms with Crippen LogP contribution < -0.4 is 5.32 Å². The highest BCUT2D eigenvalue weighted by Crippen LogP contribution is 2.34. The van der Waals surface area contributed by atoms with Gasteiger partial charge >= 0.3 is 0 Å². The maximum atomic E-state index is 11.9. The number of pyridine rings is 1. The van der Waals surface area contributed by atoms with Crippen LogP contribution >= 0.6 is 0 Å². The fourth-order valence-electron chi connectivity index (χ4n) is 3.69. The molecule has 5 nitrogen and oxygen atoms in total. The zero-order chi connectivity index (χ0) is 19.2. The molecular formula is C22H27N3O2. The third-order valence-electron chi connectivity index (χ3n) is 5.08. The van der Waals surface area contributed by atoms with Crippen LogP contribution in [0.25, 0.3) is 0 Å². The smallest absolute Gasteiger partial charge is 0.231 e. The van der Waals surface area contributed by atoms with Crippen molar-refractivity contribution in [2.75, 3.05) is 18.9 Å². The highest BCUT2D eigenvalue weighted by molar-refractivity contribution is 6.03. The van der Waals surface area contributed by atoms with Crippen molar-refractivity contribution in [1.82, 2.24) is 9.88 Å². The molecular weight excluding hydrogens is 338 g/mol. The minimum absolute atomic E-state index is 0.0997. The van der Waals surface area contributed by atoms with E-state index >= 15 is 0 Å². The molecule has 1 aliphatic rings. The number of aryl methyl sites for hydroxylation is 1. The van der Waals surface area contributed by atoms with E-state index in [1.54, 1.807) is 6.20 Å². The van der Waals surface area contributed by atoms with E-state index in [0.717, 1.165) is 37.9 Å². The van der Waals surface area contributed by atoms with Crippen LogP contribution in [0.2, 0.25) is 0 Å². The first-order valence-electron chi connectivity index (χ1n) is 9.55. The number of rotatable bonds is 7. The van der Waals surface area contributed by atoms with Crippen LogP contribution in [0.15, 0.2) is 42.6 Å². The minimum atomic E-state index is -0.283. The van der Waals surface area contributed by atoms with Crippen molar-refractivity contribution >= 4 is 17.4 Å². The van der Waals surface area contributed by atoms with Crippen molar-refractivity contribution in [3.05, 3.63) is 59.4 Å². The van der Waals surface area contributed by atoms with Crippen LogP contribution in [0.3, 0.4) is 0 Å². The second kappa shape index (κ2) is 8.91. The number of likely N-dealkylation sites (N-methyl/N-ethyl adjacent to an activating group) is 1. The SMILES string of the molecule is CC(=O)CC(=O)Nc1cnc2c(c1)C(N(C)CCc1ccccc1)CCC2. The molecule has 27 heavy (non-hydrogen) atoms. The Hall–Kier alpha value is -2.53. The van der Waals surface area contributed by atoms with Crippen LogP contribution in [0.4, 0.5) is 5.69 Å². The van der Waals surface area contributed by atoms with Crippen LogP contribution in [0.1, 0.15) is 49.0 Å². The van der Waals surface area contributed by atoms with Gasteiger partial charge in [0.25, 0.3) is 0 Å². The van der Waals surface area contributed by atoms with Crippen molar-refractivity contribution in [1.29, 1.82) is 0 Å². The maximum absolute atomic E-state index is 11.9. The Morgan fingerprint density at radius 1 is 1.26 bits per heavy atom. The van der Waals surface area contributed by atoms with Gasteiger partial charge in [0.15, 0.2) is 0 Å². The Morgan fingerprint density at radius 2 is 2.04 bits per heavy atom. The van der Waals surface area contributed by atoms with Gasteiger partial charge in [0, 0.05) is 18.3 Å². The van der Waals surface area contributed by atoms with Gasteiger partial charge in [-0.25, -0.2) is 0 Å². The first kappa shape index (κ1) is 19.2. The highest BCUT2D eigenvalue weighted by Gasteiger charge is 2.25. The molecule has 5 heteroatoms. The molecule has 3 rings (SSSR count). The molecule has 0 saturated heterocycles. The van der Waals surface area contributed by atoms with E-state index < -0.39 is 0 Å². The summed E-state index contributed by atoms with van der Waals surface area (Å²) in [5.74, 6) is -0.425. The molecule has 1 heterocycles. The number of amides is 1. The minimum Gasteiger partial charge on any atom is -0.324 e. The lowest BCUT2D eigenvalue weighted by Gasteiger charge is -2.33. The molecule has 1 aromatic heterocycles. The molecule has 1 unspecified atom stereocenters. The van der Waals surface area contributed by atoms with E-state index in [2.05, 4.69) is 46.5 Å². The molecule has 0 bridgehead atoms. The summed E-state index contributed by atoms with van der Waals surface area (Å²) in [5.41, 5.74) is 4.31. The van der Waals surface area contributed by atoms with Crippen molar-refractivity contribution in [2.45, 2.75) is 45.1 Å². The lowest BCUT2D eigenvalue weighted by molar-refractivity contribution is -0.124. The summed E-state index contributed by atoms with van der Waals surface area (Å²) in [5, 5.41) is 2.80. The number of Topliss-reactive ketones (excluding diaryl/α,β-unsaturated/α-hetero) is 1. The number of benzene rings is 1. The van der Waals surface area contributed by atoms with E-state index in [4.69, 9.17) is 0 Å². The topological polar surface area (TPSA) is 62.3 Å². The number of carbonyl (C=O) groups excluding carboxylic acids is 2. The lowest BCUT2D eigenvalue weighted by Crippen LogP contribution is -2.30. The van der Waals surface area contributed by atoms with Gasteiger partial charge in [-0.1, -0.05) is 30.3 Å². The first-order valence-corrected chi connectivity index (χ1v) is 9.55. The molecule has 0 aliphatic heterocycles. The van der Waals surface area contributed by atoms with Gasteiger partial charge in [0.2, 0.25) is 5.91 Å². The van der Waals surface area contributed by atoms with Gasteiger partial charge in [-0.3, -0.25) is 19.5 Å². The average Bonchev–Trinajstić information content (AvgIpc) is 2.65. The number of carbonyl (C=O) groups is 2. The Bertz CT molecular complexity index is 804. The van der Waals surface area contributed by atoms with Crippen molar-refractivity contribution in [2.24, 2.45) is 0 Å². The zero-order valence-corrected chi connectivity index (χ0v) is 16.1. The Kier molecular flexibility index (Phi) is 6.35. The van der Waals surface area contributed by atoms with Crippen molar-refractivity contribution in [3.63, 3.8) is 0 Å². The van der Waals surface area contributed by atoms with Gasteiger partial charge in [-0.15, -0.1) is 0 Å². The van der Waals surface area contributed by atoms with Crippen LogP contribution in [0, 0.1) is 0 Å². The average molecular weight is 365 g/mol. The van der Waals surface area contributed by atoms with Gasteiger partial charge < -0.3 is 5.32 Å². The molecule has 142 valence electrons. The number of nitrogens with one attached hydrogen (secondary N) is 1. The van der Waals surface area contributed by atoms with Gasteiger partial charge in [0.1, 0.15) is 5.78 Å². The molecule has 0 radical (unpaired) electrons. The molecule has 1 aliphatic carbocycles. The summed E-state index contributed by atoms with van der Waals surface area (Å²) in [4.78, 5) is 30.0. The highest BCUT2D eigenvalue weighted by atomic mass is 16.2. The Labute approximate surface area is 160 Å². The molecule has 0 saturated carbocycles. The number of anilines is 1. The normalized spacial score (nSPS) is 16.0. The Balaban J connectivity index is 1.70. The summed E-state index contributed by atoms with van der Waals surface area (Å²) in [6.07, 6.45) is 5.79. The quantitative estimate of drug-likeness (QED) is 0.762. The summed E-state index contributed by atoms with van der Waals surface area (Å²) in [7, 11) is 2.16. The number of ketones is 1. The third-order valence-corrected chi connectivity index (χ3v) is 5.08. The number of aromatic nitrogens is 1. The standard InChI is InChI=1S/C22H27N3O2/c1-16(26)13-22(27)24-18-14-19-20(23-15-18)9-6-10-21(19)25(2)12-11-17-7-4-3-5-8-17/h3-5,7-8,14-15,21H,6,9-13H2,1-2H3,(H,24,27). The van der Waals surface area contributed by atoms with Crippen LogP contribution in [-0.2, 0) is 22.4 Å². The second-order valence-electron chi connectivity index (χ2n) is 7.31. The summed E-state index contributed by atoms with van der Waals surface area (Å²) < 4.78 is 0. The molecule has 0 spiro atoms. The van der Waals surface area contributed by atoms with Crippen LogP contribution in [-0.4, -0.2) is 35.2 Å². The summed E-state index contributed by atoms with van der Waals surface area (Å²) >= 11 is 0. The monoisotopic (exact) mass is 365 g/mol. The fourth-order valence-corrected chi connectivity index (χ4v) is 3.69. The van der Waals surface area contributed by atoms with Gasteiger partial charge in [0.05, 0.1) is 18.3 Å². The van der Waals surface area contributed by atoms with E-state index in [1.165, 1.54) is 18.1 Å². The summed E-state index contributed by atoms with van der Waals surface area (Å²) in [6, 6.07) is 12.8. The molecule has 0 fully saturated rings. The predicted molar refractivity (Wildman–Crippen MR) is 107 cm³/mol. The second-order valence-corrected chi connectivity index (χ2v) is 7.31. The first-order chi connectivity index (χ1) is 13.0.